The summed E-state index contributed by atoms with van der Waals surface area (Å²) in [6, 6.07) is 9.48. The van der Waals surface area contributed by atoms with E-state index in [-0.39, 0.29) is 0 Å². The molecule has 4 nitrogen and oxygen atoms in total. The van der Waals surface area contributed by atoms with Crippen LogP contribution in [-0.4, -0.2) is 23.9 Å². The quantitative estimate of drug-likeness (QED) is 0.763. The molecule has 2 rings (SSSR count). The van der Waals surface area contributed by atoms with Crippen LogP contribution in [0, 0.1) is 0 Å². The highest BCUT2D eigenvalue weighted by Gasteiger charge is 2.51. The molecule has 0 heterocycles. The largest absolute Gasteiger partial charge is 0.389 e. The lowest BCUT2D eigenvalue weighted by Gasteiger charge is -2.37. The van der Waals surface area contributed by atoms with Gasteiger partial charge >= 0.3 is 7.60 Å². The molecule has 1 atom stereocenters. The second kappa shape index (κ2) is 7.06. The maximum Gasteiger partial charge on any atom is 0.340 e. The summed E-state index contributed by atoms with van der Waals surface area (Å²) in [5.74, 6) is 0. The van der Waals surface area contributed by atoms with Crippen molar-refractivity contribution in [3.05, 3.63) is 35.9 Å². The lowest BCUT2D eigenvalue weighted by atomic mass is 9.92. The van der Waals surface area contributed by atoms with Crippen LogP contribution in [0.15, 0.2) is 30.3 Å². The molecule has 118 valence electrons. The van der Waals surface area contributed by atoms with Crippen molar-refractivity contribution in [1.82, 2.24) is 0 Å². The van der Waals surface area contributed by atoms with Gasteiger partial charge in [-0.2, -0.15) is 0 Å². The van der Waals surface area contributed by atoms with Crippen LogP contribution in [0.4, 0.5) is 0 Å². The van der Waals surface area contributed by atoms with Crippen LogP contribution in [0.1, 0.15) is 50.8 Å². The monoisotopic (exact) mass is 312 g/mol. The molecule has 1 aliphatic rings. The van der Waals surface area contributed by atoms with Crippen molar-refractivity contribution in [2.75, 3.05) is 13.2 Å². The van der Waals surface area contributed by atoms with Gasteiger partial charge in [0, 0.05) is 0 Å². The Kier molecular flexibility index (Phi) is 5.61. The van der Waals surface area contributed by atoms with Crippen molar-refractivity contribution in [1.29, 1.82) is 0 Å². The Morgan fingerprint density at radius 1 is 1.14 bits per heavy atom. The molecular formula is C16H25O4P. The van der Waals surface area contributed by atoms with Crippen molar-refractivity contribution in [2.45, 2.75) is 50.8 Å². The standard InChI is InChI=1S/C16H25O4P/c1-3-19-21(18,20-4-2)15(14-10-6-5-7-11-14)16(17)12-8-9-13-16/h5-7,10-11,15,17H,3-4,8-9,12-13H2,1-2H3. The first-order valence-electron chi connectivity index (χ1n) is 7.72. The summed E-state index contributed by atoms with van der Waals surface area (Å²) < 4.78 is 24.4. The van der Waals surface area contributed by atoms with Crippen molar-refractivity contribution in [3.63, 3.8) is 0 Å². The first kappa shape index (κ1) is 16.7. The Hall–Kier alpha value is -0.670. The molecule has 0 amide bonds. The highest BCUT2D eigenvalue weighted by atomic mass is 31.2. The van der Waals surface area contributed by atoms with E-state index in [0.29, 0.717) is 26.1 Å². The highest BCUT2D eigenvalue weighted by Crippen LogP contribution is 2.67. The first-order valence-corrected chi connectivity index (χ1v) is 9.33. The minimum atomic E-state index is -3.42. The van der Waals surface area contributed by atoms with E-state index >= 15 is 0 Å². The van der Waals surface area contributed by atoms with Crippen LogP contribution in [0.3, 0.4) is 0 Å². The van der Waals surface area contributed by atoms with Gasteiger partial charge in [0.1, 0.15) is 5.66 Å². The molecule has 1 saturated carbocycles. The second-order valence-electron chi connectivity index (χ2n) is 5.50. The smallest absolute Gasteiger partial charge is 0.340 e. The normalized spacial score (nSPS) is 19.6. The van der Waals surface area contributed by atoms with Crippen molar-refractivity contribution < 1.29 is 18.7 Å². The molecule has 1 N–H and O–H groups in total. The van der Waals surface area contributed by atoms with Crippen molar-refractivity contribution in [2.24, 2.45) is 0 Å². The Morgan fingerprint density at radius 3 is 2.14 bits per heavy atom. The van der Waals surface area contributed by atoms with E-state index in [2.05, 4.69) is 0 Å². The predicted octanol–water partition coefficient (Wildman–Crippen LogP) is 4.30. The molecule has 1 aromatic carbocycles. The topological polar surface area (TPSA) is 55.8 Å². The van der Waals surface area contributed by atoms with E-state index in [4.69, 9.17) is 9.05 Å². The van der Waals surface area contributed by atoms with Crippen LogP contribution in [0.5, 0.6) is 0 Å². The Labute approximate surface area is 127 Å². The molecule has 0 aromatic heterocycles. The van der Waals surface area contributed by atoms with Gasteiger partial charge in [-0.1, -0.05) is 43.2 Å². The van der Waals surface area contributed by atoms with E-state index < -0.39 is 18.9 Å². The molecule has 21 heavy (non-hydrogen) atoms. The van der Waals surface area contributed by atoms with Crippen molar-refractivity contribution >= 4 is 7.60 Å². The molecule has 5 heteroatoms. The fourth-order valence-electron chi connectivity index (χ4n) is 3.23. The predicted molar refractivity (Wildman–Crippen MR) is 83.5 cm³/mol. The van der Waals surface area contributed by atoms with Gasteiger partial charge < -0.3 is 14.2 Å². The van der Waals surface area contributed by atoms with Gasteiger partial charge in [0.05, 0.1) is 18.8 Å². The zero-order valence-corrected chi connectivity index (χ0v) is 13.7. The summed E-state index contributed by atoms with van der Waals surface area (Å²) in [7, 11) is -3.42. The summed E-state index contributed by atoms with van der Waals surface area (Å²) >= 11 is 0. The van der Waals surface area contributed by atoms with E-state index in [0.717, 1.165) is 18.4 Å². The maximum atomic E-state index is 13.3. The Bertz CT molecular complexity index is 472. The fourth-order valence-corrected chi connectivity index (χ4v) is 5.71. The molecule has 1 aromatic rings. The highest BCUT2D eigenvalue weighted by molar-refractivity contribution is 7.54. The third kappa shape index (κ3) is 3.57. The van der Waals surface area contributed by atoms with Gasteiger partial charge in [-0.15, -0.1) is 0 Å². The van der Waals surface area contributed by atoms with E-state index in [9.17, 15) is 9.67 Å². The number of hydrogen-bond donors (Lipinski definition) is 1. The molecule has 0 radical (unpaired) electrons. The summed E-state index contributed by atoms with van der Waals surface area (Å²) in [4.78, 5) is 0. The number of aliphatic hydroxyl groups is 1. The summed E-state index contributed by atoms with van der Waals surface area (Å²) in [6.45, 7) is 4.20. The molecule has 0 saturated heterocycles. The zero-order valence-electron chi connectivity index (χ0n) is 12.8. The van der Waals surface area contributed by atoms with E-state index in [1.165, 1.54) is 0 Å². The summed E-state index contributed by atoms with van der Waals surface area (Å²) in [5, 5.41) is 11.1. The van der Waals surface area contributed by atoms with Crippen LogP contribution in [0.2, 0.25) is 0 Å². The lowest BCUT2D eigenvalue weighted by molar-refractivity contribution is 0.0301. The molecule has 0 spiro atoms. The minimum absolute atomic E-state index is 0.302. The third-order valence-corrected chi connectivity index (χ3v) is 6.68. The molecule has 0 bridgehead atoms. The van der Waals surface area contributed by atoms with Crippen LogP contribution in [0.25, 0.3) is 0 Å². The lowest BCUT2D eigenvalue weighted by Crippen LogP contribution is -2.34. The summed E-state index contributed by atoms with van der Waals surface area (Å²) in [5.41, 5.74) is -0.804. The average Bonchev–Trinajstić information content (AvgIpc) is 2.87. The first-order chi connectivity index (χ1) is 10.1. The third-order valence-electron chi connectivity index (χ3n) is 4.03. The Morgan fingerprint density at radius 2 is 1.67 bits per heavy atom. The molecule has 1 aliphatic carbocycles. The maximum absolute atomic E-state index is 13.3. The van der Waals surface area contributed by atoms with E-state index in [1.807, 2.05) is 30.3 Å². The fraction of sp³-hybridized carbons (Fsp3) is 0.625. The number of rotatable bonds is 7. The van der Waals surface area contributed by atoms with Crippen LogP contribution < -0.4 is 0 Å². The van der Waals surface area contributed by atoms with Crippen LogP contribution in [-0.2, 0) is 13.6 Å². The van der Waals surface area contributed by atoms with Crippen LogP contribution >= 0.6 is 7.60 Å². The zero-order chi connectivity index (χ0) is 15.3. The van der Waals surface area contributed by atoms with Gasteiger partial charge in [-0.05, 0) is 32.3 Å². The van der Waals surface area contributed by atoms with E-state index in [1.54, 1.807) is 13.8 Å². The van der Waals surface area contributed by atoms with Gasteiger partial charge in [-0.25, -0.2) is 0 Å². The number of benzene rings is 1. The van der Waals surface area contributed by atoms with Gasteiger partial charge in [-0.3, -0.25) is 4.57 Å². The van der Waals surface area contributed by atoms with Crippen molar-refractivity contribution in [3.8, 4) is 0 Å². The summed E-state index contributed by atoms with van der Waals surface area (Å²) in [6.07, 6.45) is 3.16. The molecule has 1 unspecified atom stereocenters. The number of hydrogen-bond acceptors (Lipinski definition) is 4. The molecular weight excluding hydrogens is 287 g/mol. The minimum Gasteiger partial charge on any atom is -0.389 e. The van der Waals surface area contributed by atoms with Gasteiger partial charge in [0.15, 0.2) is 0 Å². The van der Waals surface area contributed by atoms with Gasteiger partial charge in [0.25, 0.3) is 0 Å². The average molecular weight is 312 g/mol. The Balaban J connectivity index is 2.46. The molecule has 0 aliphatic heterocycles. The second-order valence-corrected chi connectivity index (χ2v) is 7.61. The SMILES string of the molecule is CCOP(=O)(OCC)C(c1ccccc1)C1(O)CCCC1. The van der Waals surface area contributed by atoms with Gasteiger partial charge in [0.2, 0.25) is 0 Å². The molecule has 1 fully saturated rings.